The van der Waals surface area contributed by atoms with Crippen molar-refractivity contribution < 1.29 is 27.8 Å². The van der Waals surface area contributed by atoms with Crippen LogP contribution < -0.4 is 15.1 Å². The number of thiocarbonyl (C=S) groups is 1. The number of hydrogen-bond acceptors (Lipinski definition) is 6. The van der Waals surface area contributed by atoms with Crippen LogP contribution in [0.3, 0.4) is 0 Å². The number of nitrogens with zero attached hydrogens (tertiary/aromatic N) is 4. The fourth-order valence-electron chi connectivity index (χ4n) is 3.96. The number of hydrogen-bond donors (Lipinski definition) is 2. The summed E-state index contributed by atoms with van der Waals surface area (Å²) in [6.45, 7) is 4.10. The zero-order chi connectivity index (χ0) is 24.3. The van der Waals surface area contributed by atoms with E-state index in [0.29, 0.717) is 18.8 Å². The number of benzene rings is 1. The normalized spacial score (nSPS) is 19.3. The Morgan fingerprint density at radius 3 is 2.44 bits per heavy atom. The molecule has 4 rings (SSSR count). The first-order valence-corrected chi connectivity index (χ1v) is 11.1. The van der Waals surface area contributed by atoms with Gasteiger partial charge in [-0.1, -0.05) is 12.1 Å². The predicted octanol–water partition coefficient (Wildman–Crippen LogP) is 3.18. The smallest absolute Gasteiger partial charge is 0.416 e. The number of nitrogens with one attached hydrogen (secondary N) is 1. The topological polar surface area (TPSA) is 81.2 Å². The Balaban J connectivity index is 1.28. The third kappa shape index (κ3) is 5.86. The minimum absolute atomic E-state index is 0.222. The van der Waals surface area contributed by atoms with E-state index in [1.54, 1.807) is 6.20 Å². The number of aromatic nitrogens is 1. The standard InChI is InChI=1S/C22H24F3N5O3S/c23-22(24,25)16-3-1-15(2-4-16)13-28-7-9-29(10-8-28)19-6-5-17(11-26-19)30-14-18(33-21(30)32)12-27-20(31)34/h1-6,11,18H,7-10,12-14H2,(H2,27,31,34)/t18-/m0/s1. The summed E-state index contributed by atoms with van der Waals surface area (Å²) in [6.07, 6.45) is -3.62. The minimum atomic E-state index is -4.32. The Bertz CT molecular complexity index is 1010. The van der Waals surface area contributed by atoms with Gasteiger partial charge in [-0.2, -0.15) is 13.2 Å². The van der Waals surface area contributed by atoms with Gasteiger partial charge in [0.1, 0.15) is 11.9 Å². The molecule has 3 heterocycles. The monoisotopic (exact) mass is 495 g/mol. The lowest BCUT2D eigenvalue weighted by Crippen LogP contribution is -2.46. The molecular weight excluding hydrogens is 471 g/mol. The van der Waals surface area contributed by atoms with Gasteiger partial charge in [0, 0.05) is 32.7 Å². The van der Waals surface area contributed by atoms with Gasteiger partial charge in [-0.25, -0.2) is 9.78 Å². The number of alkyl halides is 3. The van der Waals surface area contributed by atoms with E-state index in [1.165, 1.54) is 17.0 Å². The van der Waals surface area contributed by atoms with Crippen LogP contribution in [0, 0.1) is 0 Å². The number of anilines is 2. The quantitative estimate of drug-likeness (QED) is 0.592. The zero-order valence-electron chi connectivity index (χ0n) is 18.2. The summed E-state index contributed by atoms with van der Waals surface area (Å²) in [7, 11) is 0. The Hall–Kier alpha value is -3.12. The van der Waals surface area contributed by atoms with Crippen LogP contribution in [-0.2, 0) is 17.5 Å². The van der Waals surface area contributed by atoms with Crippen LogP contribution in [0.15, 0.2) is 42.6 Å². The van der Waals surface area contributed by atoms with Crippen molar-refractivity contribution in [2.45, 2.75) is 18.8 Å². The van der Waals surface area contributed by atoms with Gasteiger partial charge in [-0.05, 0) is 42.0 Å². The number of rotatable bonds is 6. The van der Waals surface area contributed by atoms with Crippen molar-refractivity contribution in [3.63, 3.8) is 0 Å². The van der Waals surface area contributed by atoms with Gasteiger partial charge >= 0.3 is 12.3 Å². The van der Waals surface area contributed by atoms with Crippen LogP contribution in [0.5, 0.6) is 0 Å². The summed E-state index contributed by atoms with van der Waals surface area (Å²) in [6, 6.07) is 8.95. The summed E-state index contributed by atoms with van der Waals surface area (Å²) in [4.78, 5) is 22.5. The lowest BCUT2D eigenvalue weighted by molar-refractivity contribution is -0.137. The molecule has 1 aromatic heterocycles. The molecule has 2 fully saturated rings. The van der Waals surface area contributed by atoms with Gasteiger partial charge in [0.2, 0.25) is 0 Å². The number of cyclic esters (lactones) is 1. The summed E-state index contributed by atoms with van der Waals surface area (Å²) >= 11 is 4.55. The number of pyridine rings is 1. The summed E-state index contributed by atoms with van der Waals surface area (Å²) in [5.74, 6) is 0.786. The molecule has 8 nitrogen and oxygen atoms in total. The fourth-order valence-corrected chi connectivity index (χ4v) is 4.04. The Morgan fingerprint density at radius 1 is 1.15 bits per heavy atom. The van der Waals surface area contributed by atoms with Crippen molar-refractivity contribution in [3.05, 3.63) is 53.7 Å². The molecule has 1 atom stereocenters. The SMILES string of the molecule is O=C1O[C@@H](CNC(O)=S)CN1c1ccc(N2CCN(Cc3ccc(C(F)(F)F)cc3)CC2)nc1. The van der Waals surface area contributed by atoms with E-state index in [9.17, 15) is 18.0 Å². The van der Waals surface area contributed by atoms with Crippen LogP contribution >= 0.6 is 12.2 Å². The summed E-state index contributed by atoms with van der Waals surface area (Å²) in [5, 5.41) is 11.3. The van der Waals surface area contributed by atoms with Gasteiger partial charge in [-0.15, -0.1) is 0 Å². The Kier molecular flexibility index (Phi) is 7.08. The number of aliphatic hydroxyl groups is 1. The molecule has 1 aromatic carbocycles. The highest BCUT2D eigenvalue weighted by atomic mass is 32.1. The fraction of sp³-hybridized carbons (Fsp3) is 0.409. The van der Waals surface area contributed by atoms with Crippen LogP contribution in [-0.4, -0.2) is 71.6 Å². The van der Waals surface area contributed by atoms with E-state index in [0.717, 1.165) is 49.7 Å². The number of aliphatic hydroxyl groups excluding tert-OH is 1. The number of halogens is 3. The Morgan fingerprint density at radius 2 is 1.85 bits per heavy atom. The van der Waals surface area contributed by atoms with Crippen molar-refractivity contribution in [2.75, 3.05) is 49.1 Å². The van der Waals surface area contributed by atoms with Crippen LogP contribution in [0.2, 0.25) is 0 Å². The van der Waals surface area contributed by atoms with E-state index < -0.39 is 23.9 Å². The van der Waals surface area contributed by atoms with Crippen LogP contribution in [0.1, 0.15) is 11.1 Å². The molecule has 2 aliphatic heterocycles. The number of amides is 1. The summed E-state index contributed by atoms with van der Waals surface area (Å²) < 4.78 is 43.4. The van der Waals surface area contributed by atoms with Crippen molar-refractivity contribution in [1.82, 2.24) is 15.2 Å². The average Bonchev–Trinajstić information content (AvgIpc) is 3.19. The molecule has 0 saturated carbocycles. The molecule has 0 unspecified atom stereocenters. The van der Waals surface area contributed by atoms with Crippen molar-refractivity contribution in [2.24, 2.45) is 0 Å². The highest BCUT2D eigenvalue weighted by molar-refractivity contribution is 7.79. The maximum Gasteiger partial charge on any atom is 0.416 e. The van der Waals surface area contributed by atoms with Crippen molar-refractivity contribution in [3.8, 4) is 0 Å². The minimum Gasteiger partial charge on any atom is -0.487 e. The molecular formula is C22H24F3N5O3S. The number of carbonyl (C=O) groups is 1. The van der Waals surface area contributed by atoms with Crippen LogP contribution in [0.25, 0.3) is 0 Å². The first-order valence-electron chi connectivity index (χ1n) is 10.7. The van der Waals surface area contributed by atoms with Gasteiger partial charge < -0.3 is 20.1 Å². The molecule has 12 heteroatoms. The molecule has 2 aromatic rings. The highest BCUT2D eigenvalue weighted by Crippen LogP contribution is 2.29. The largest absolute Gasteiger partial charge is 0.487 e. The molecule has 0 aliphatic carbocycles. The van der Waals surface area contributed by atoms with Gasteiger partial charge in [-0.3, -0.25) is 9.80 Å². The molecule has 0 spiro atoms. The predicted molar refractivity (Wildman–Crippen MR) is 124 cm³/mol. The van der Waals surface area contributed by atoms with Crippen molar-refractivity contribution >= 4 is 35.0 Å². The molecule has 0 bridgehead atoms. The number of ether oxygens (including phenoxy) is 1. The van der Waals surface area contributed by atoms with Gasteiger partial charge in [0.05, 0.1) is 30.5 Å². The molecule has 2 N–H and O–H groups in total. The lowest BCUT2D eigenvalue weighted by Gasteiger charge is -2.35. The van der Waals surface area contributed by atoms with E-state index >= 15 is 0 Å². The number of piperazine rings is 1. The van der Waals surface area contributed by atoms with Crippen molar-refractivity contribution in [1.29, 1.82) is 0 Å². The lowest BCUT2D eigenvalue weighted by atomic mass is 10.1. The van der Waals surface area contributed by atoms with Crippen LogP contribution in [0.4, 0.5) is 29.5 Å². The van der Waals surface area contributed by atoms with E-state index in [2.05, 4.69) is 32.3 Å². The third-order valence-electron chi connectivity index (χ3n) is 5.78. The second-order valence-corrected chi connectivity index (χ2v) is 8.52. The van der Waals surface area contributed by atoms with E-state index in [1.807, 2.05) is 12.1 Å². The van der Waals surface area contributed by atoms with Gasteiger partial charge in [0.25, 0.3) is 5.17 Å². The maximum absolute atomic E-state index is 12.7. The second kappa shape index (κ2) is 10.0. The first-order chi connectivity index (χ1) is 16.2. The van der Waals surface area contributed by atoms with Gasteiger partial charge in [0.15, 0.2) is 0 Å². The zero-order valence-corrected chi connectivity index (χ0v) is 19.0. The molecule has 2 aliphatic rings. The molecule has 34 heavy (non-hydrogen) atoms. The van der Waals surface area contributed by atoms with E-state index in [4.69, 9.17) is 9.84 Å². The molecule has 0 radical (unpaired) electrons. The third-order valence-corrected chi connectivity index (χ3v) is 5.93. The average molecular weight is 496 g/mol. The first kappa shape index (κ1) is 24.0. The molecule has 2 saturated heterocycles. The highest BCUT2D eigenvalue weighted by Gasteiger charge is 2.33. The Labute approximate surface area is 199 Å². The number of carbonyl (C=O) groups excluding carboxylic acids is 1. The van der Waals surface area contributed by atoms with E-state index in [-0.39, 0.29) is 11.7 Å². The summed E-state index contributed by atoms with van der Waals surface area (Å²) in [5.41, 5.74) is 0.818. The molecule has 1 amide bonds. The second-order valence-electron chi connectivity index (χ2n) is 8.13. The maximum atomic E-state index is 12.7. The molecule has 182 valence electrons.